The van der Waals surface area contributed by atoms with Gasteiger partial charge in [-0.2, -0.15) is 0 Å². The largest absolute Gasteiger partial charge is 0.508 e. The molecule has 17 heteroatoms. The number of primary amides is 2. The molecule has 15 N–H and O–H groups in total. The number of aliphatic carboxylic acids is 1. The van der Waals surface area contributed by atoms with E-state index in [4.69, 9.17) is 28.7 Å². The molecule has 17 nitrogen and oxygen atoms in total. The minimum atomic E-state index is -1.68. The highest BCUT2D eigenvalue weighted by Gasteiger charge is 2.31. The first-order chi connectivity index (χ1) is 19.2. The number of nitrogens with two attached hydrogens (primary N) is 5. The fraction of sp³-hybridized carbons (Fsp3) is 0.458. The maximum Gasteiger partial charge on any atom is 0.326 e. The van der Waals surface area contributed by atoms with Gasteiger partial charge in [0, 0.05) is 19.4 Å². The van der Waals surface area contributed by atoms with Crippen molar-refractivity contribution >= 4 is 41.5 Å². The van der Waals surface area contributed by atoms with Crippen LogP contribution in [0.2, 0.25) is 0 Å². The van der Waals surface area contributed by atoms with Gasteiger partial charge in [-0.15, -0.1) is 0 Å². The lowest BCUT2D eigenvalue weighted by Gasteiger charge is -2.25. The average molecular weight is 580 g/mol. The standard InChI is InChI=1S/C24H37N9O8/c25-14(2-1-9-30-24(28)29)20(37)31-15(7-8-18(26)35)21(38)32-16(10-12-3-5-13(34)6-4-12)22(39)33-17(23(40)41)11-19(27)36/h3-6,14-17,34H,1-2,7-11,25H2,(H2,26,35)(H2,27,36)(H,31,37)(H,32,38)(H,33,39)(H,40,41)(H4,28,29,30). The molecule has 0 aliphatic rings. The maximum atomic E-state index is 13.2. The minimum Gasteiger partial charge on any atom is -0.508 e. The number of rotatable bonds is 18. The first-order valence-electron chi connectivity index (χ1n) is 12.5. The maximum absolute atomic E-state index is 13.2. The summed E-state index contributed by atoms with van der Waals surface area (Å²) in [7, 11) is 0. The number of nitrogens with one attached hydrogen (secondary N) is 3. The van der Waals surface area contributed by atoms with Crippen molar-refractivity contribution in [2.45, 2.75) is 62.7 Å². The molecular formula is C24H37N9O8. The van der Waals surface area contributed by atoms with Crippen LogP contribution in [0.15, 0.2) is 29.3 Å². The molecule has 1 aromatic carbocycles. The van der Waals surface area contributed by atoms with Gasteiger partial charge in [-0.05, 0) is 37.0 Å². The lowest BCUT2D eigenvalue weighted by molar-refractivity contribution is -0.143. The van der Waals surface area contributed by atoms with Crippen molar-refractivity contribution in [3.05, 3.63) is 29.8 Å². The second-order valence-electron chi connectivity index (χ2n) is 9.12. The van der Waals surface area contributed by atoms with E-state index in [0.717, 1.165) is 0 Å². The number of benzene rings is 1. The van der Waals surface area contributed by atoms with E-state index in [0.29, 0.717) is 12.0 Å². The van der Waals surface area contributed by atoms with Gasteiger partial charge in [0.15, 0.2) is 5.96 Å². The molecule has 1 aromatic rings. The van der Waals surface area contributed by atoms with Gasteiger partial charge < -0.3 is 54.8 Å². The van der Waals surface area contributed by atoms with Crippen LogP contribution < -0.4 is 44.6 Å². The summed E-state index contributed by atoms with van der Waals surface area (Å²) >= 11 is 0. The highest BCUT2D eigenvalue weighted by atomic mass is 16.4. The Morgan fingerprint density at radius 1 is 0.780 bits per heavy atom. The van der Waals surface area contributed by atoms with Crippen molar-refractivity contribution in [1.82, 2.24) is 16.0 Å². The Bertz CT molecular complexity index is 1120. The number of carbonyl (C=O) groups excluding carboxylic acids is 5. The van der Waals surface area contributed by atoms with Gasteiger partial charge in [-0.1, -0.05) is 12.1 Å². The second kappa shape index (κ2) is 16.9. The highest BCUT2D eigenvalue weighted by molar-refractivity contribution is 5.95. The number of phenols is 1. The second-order valence-corrected chi connectivity index (χ2v) is 9.12. The Morgan fingerprint density at radius 3 is 1.88 bits per heavy atom. The number of carboxylic acids is 1. The molecule has 41 heavy (non-hydrogen) atoms. The monoisotopic (exact) mass is 579 g/mol. The highest BCUT2D eigenvalue weighted by Crippen LogP contribution is 2.12. The van der Waals surface area contributed by atoms with Crippen LogP contribution in [0.3, 0.4) is 0 Å². The van der Waals surface area contributed by atoms with E-state index in [2.05, 4.69) is 20.9 Å². The Morgan fingerprint density at radius 2 is 1.34 bits per heavy atom. The zero-order valence-electron chi connectivity index (χ0n) is 22.2. The number of amides is 5. The summed E-state index contributed by atoms with van der Waals surface area (Å²) in [5, 5.41) is 25.9. The molecule has 0 aromatic heterocycles. The third kappa shape index (κ3) is 13.6. The number of aliphatic imine (C=N–C) groups is 1. The summed E-state index contributed by atoms with van der Waals surface area (Å²) in [6.45, 7) is 0.218. The van der Waals surface area contributed by atoms with E-state index in [9.17, 15) is 39.0 Å². The third-order valence-electron chi connectivity index (χ3n) is 5.65. The fourth-order valence-electron chi connectivity index (χ4n) is 3.51. The van der Waals surface area contributed by atoms with Crippen LogP contribution in [0, 0.1) is 0 Å². The van der Waals surface area contributed by atoms with E-state index in [1.165, 1.54) is 24.3 Å². The molecule has 0 aliphatic carbocycles. The molecule has 1 rings (SSSR count). The van der Waals surface area contributed by atoms with Gasteiger partial charge in [0.1, 0.15) is 23.9 Å². The number of carboxylic acid groups (broad SMARTS) is 1. The van der Waals surface area contributed by atoms with E-state index in [1.807, 2.05) is 0 Å². The van der Waals surface area contributed by atoms with Crippen LogP contribution >= 0.6 is 0 Å². The number of hydrogen-bond acceptors (Lipinski definition) is 9. The van der Waals surface area contributed by atoms with E-state index in [-0.39, 0.29) is 43.9 Å². The van der Waals surface area contributed by atoms with Gasteiger partial charge in [0.2, 0.25) is 29.5 Å². The van der Waals surface area contributed by atoms with Crippen LogP contribution in [-0.2, 0) is 35.2 Å². The summed E-state index contributed by atoms with van der Waals surface area (Å²) in [5.74, 6) is -6.06. The van der Waals surface area contributed by atoms with Gasteiger partial charge in [-0.25, -0.2) is 4.79 Å². The average Bonchev–Trinajstić information content (AvgIpc) is 2.88. The fourth-order valence-corrected chi connectivity index (χ4v) is 3.51. The summed E-state index contributed by atoms with van der Waals surface area (Å²) in [5.41, 5.74) is 27.1. The normalized spacial score (nSPS) is 13.5. The number of nitrogens with zero attached hydrogens (tertiary/aromatic N) is 1. The third-order valence-corrected chi connectivity index (χ3v) is 5.65. The SMILES string of the molecule is NC(=O)CCC(NC(=O)C(N)CCCN=C(N)N)C(=O)NC(Cc1ccc(O)cc1)C(=O)NC(CC(N)=O)C(=O)O. The Labute approximate surface area is 235 Å². The van der Waals surface area contributed by atoms with Crippen LogP contribution in [0.5, 0.6) is 5.75 Å². The lowest BCUT2D eigenvalue weighted by atomic mass is 10.0. The van der Waals surface area contributed by atoms with Gasteiger partial charge in [0.25, 0.3) is 0 Å². The number of phenolic OH excluding ortho intramolecular Hbond substituents is 1. The summed E-state index contributed by atoms with van der Waals surface area (Å²) < 4.78 is 0. The van der Waals surface area contributed by atoms with Gasteiger partial charge >= 0.3 is 5.97 Å². The van der Waals surface area contributed by atoms with E-state index < -0.39 is 66.1 Å². The quantitative estimate of drug-likeness (QED) is 0.0453. The van der Waals surface area contributed by atoms with Crippen molar-refractivity contribution in [3.8, 4) is 5.75 Å². The Balaban J connectivity index is 3.13. The molecule has 0 bridgehead atoms. The number of hydrogen-bond donors (Lipinski definition) is 10. The predicted molar refractivity (Wildman–Crippen MR) is 145 cm³/mol. The number of aromatic hydroxyl groups is 1. The number of carbonyl (C=O) groups is 6. The van der Waals surface area contributed by atoms with Crippen LogP contribution in [-0.4, -0.2) is 82.4 Å². The molecule has 0 heterocycles. The van der Waals surface area contributed by atoms with Crippen molar-refractivity contribution in [1.29, 1.82) is 0 Å². The first-order valence-corrected chi connectivity index (χ1v) is 12.5. The van der Waals surface area contributed by atoms with Crippen molar-refractivity contribution in [3.63, 3.8) is 0 Å². The van der Waals surface area contributed by atoms with Gasteiger partial charge in [0.05, 0.1) is 12.5 Å². The molecule has 226 valence electrons. The molecule has 0 saturated carbocycles. The molecule has 0 saturated heterocycles. The van der Waals surface area contributed by atoms with E-state index >= 15 is 0 Å². The molecule has 4 atom stereocenters. The molecule has 0 radical (unpaired) electrons. The lowest BCUT2D eigenvalue weighted by Crippen LogP contribution is -2.58. The molecule has 5 amide bonds. The smallest absolute Gasteiger partial charge is 0.326 e. The Kier molecular flexibility index (Phi) is 14.1. The van der Waals surface area contributed by atoms with Gasteiger partial charge in [-0.3, -0.25) is 29.0 Å². The zero-order valence-corrected chi connectivity index (χ0v) is 22.2. The van der Waals surface area contributed by atoms with Crippen LogP contribution in [0.25, 0.3) is 0 Å². The van der Waals surface area contributed by atoms with Crippen molar-refractivity contribution < 1.29 is 39.0 Å². The summed E-state index contributed by atoms with van der Waals surface area (Å²) in [6, 6.07) is 0.0998. The van der Waals surface area contributed by atoms with Crippen molar-refractivity contribution in [2.75, 3.05) is 6.54 Å². The van der Waals surface area contributed by atoms with Crippen molar-refractivity contribution in [2.24, 2.45) is 33.7 Å². The topological polar surface area (TPSA) is 321 Å². The first kappa shape index (κ1) is 34.1. The molecule has 4 unspecified atom stereocenters. The molecule has 0 aliphatic heterocycles. The molecule has 0 fully saturated rings. The zero-order chi connectivity index (χ0) is 31.1. The summed E-state index contributed by atoms with van der Waals surface area (Å²) in [6.07, 6.45) is -0.904. The number of guanidine groups is 1. The summed E-state index contributed by atoms with van der Waals surface area (Å²) in [4.78, 5) is 76.9. The molecular weight excluding hydrogens is 542 g/mol. The Hall–Kier alpha value is -4.93. The molecule has 0 spiro atoms. The predicted octanol–water partition coefficient (Wildman–Crippen LogP) is -4.00. The van der Waals surface area contributed by atoms with E-state index in [1.54, 1.807) is 0 Å². The minimum absolute atomic E-state index is 0.0601. The van der Waals surface area contributed by atoms with Crippen LogP contribution in [0.4, 0.5) is 0 Å². The van der Waals surface area contributed by atoms with Crippen LogP contribution in [0.1, 0.15) is 37.7 Å².